The molecule has 2 N–H and O–H groups in total. The SMILES string of the molecule is CCCOc1cncc(C(=O)c2ccnc(CN)c2)c1. The monoisotopic (exact) mass is 271 g/mol. The van der Waals surface area contributed by atoms with Gasteiger partial charge in [-0.1, -0.05) is 6.92 Å². The van der Waals surface area contributed by atoms with Crippen LogP contribution < -0.4 is 10.5 Å². The summed E-state index contributed by atoms with van der Waals surface area (Å²) >= 11 is 0. The zero-order valence-corrected chi connectivity index (χ0v) is 11.4. The normalized spacial score (nSPS) is 10.3. The molecule has 0 spiro atoms. The van der Waals surface area contributed by atoms with Gasteiger partial charge in [0.05, 0.1) is 18.5 Å². The third-order valence-electron chi connectivity index (χ3n) is 2.74. The lowest BCUT2D eigenvalue weighted by molar-refractivity contribution is 0.103. The van der Waals surface area contributed by atoms with Crippen molar-refractivity contribution in [2.75, 3.05) is 6.61 Å². The second-order valence-electron chi connectivity index (χ2n) is 4.33. The molecule has 0 radical (unpaired) electrons. The molecule has 0 unspecified atom stereocenters. The molecule has 104 valence electrons. The molecule has 5 nitrogen and oxygen atoms in total. The van der Waals surface area contributed by atoms with E-state index in [0.717, 1.165) is 6.42 Å². The quantitative estimate of drug-likeness (QED) is 0.812. The molecule has 0 saturated carbocycles. The van der Waals surface area contributed by atoms with Crippen molar-refractivity contribution in [2.45, 2.75) is 19.9 Å². The maximum atomic E-state index is 12.4. The molecule has 0 atom stereocenters. The summed E-state index contributed by atoms with van der Waals surface area (Å²) in [6.07, 6.45) is 5.62. The number of hydrogen-bond donors (Lipinski definition) is 1. The highest BCUT2D eigenvalue weighted by molar-refractivity contribution is 6.08. The lowest BCUT2D eigenvalue weighted by Gasteiger charge is -2.06. The highest BCUT2D eigenvalue weighted by Gasteiger charge is 2.11. The van der Waals surface area contributed by atoms with Crippen molar-refractivity contribution in [3.63, 3.8) is 0 Å². The minimum Gasteiger partial charge on any atom is -0.492 e. The average molecular weight is 271 g/mol. The van der Waals surface area contributed by atoms with Gasteiger partial charge in [0.15, 0.2) is 5.78 Å². The van der Waals surface area contributed by atoms with Gasteiger partial charge in [0, 0.05) is 30.1 Å². The van der Waals surface area contributed by atoms with E-state index in [1.54, 1.807) is 30.6 Å². The Balaban J connectivity index is 2.23. The standard InChI is InChI=1S/C15H17N3O2/c1-2-5-20-14-7-12(9-17-10-14)15(19)11-3-4-18-13(6-11)8-16/h3-4,6-7,9-10H,2,5,8,16H2,1H3. The fourth-order valence-corrected chi connectivity index (χ4v) is 1.74. The Morgan fingerprint density at radius 3 is 2.90 bits per heavy atom. The molecule has 0 bridgehead atoms. The summed E-state index contributed by atoms with van der Waals surface area (Å²) < 4.78 is 5.48. The Morgan fingerprint density at radius 2 is 2.15 bits per heavy atom. The van der Waals surface area contributed by atoms with Gasteiger partial charge in [-0.25, -0.2) is 0 Å². The van der Waals surface area contributed by atoms with Crippen molar-refractivity contribution in [3.8, 4) is 5.75 Å². The first-order chi connectivity index (χ1) is 9.74. The van der Waals surface area contributed by atoms with E-state index >= 15 is 0 Å². The van der Waals surface area contributed by atoms with Gasteiger partial charge in [-0.05, 0) is 24.6 Å². The molecule has 0 aliphatic heterocycles. The zero-order valence-electron chi connectivity index (χ0n) is 11.4. The van der Waals surface area contributed by atoms with Crippen LogP contribution in [0, 0.1) is 0 Å². The van der Waals surface area contributed by atoms with Crippen LogP contribution in [0.3, 0.4) is 0 Å². The summed E-state index contributed by atoms with van der Waals surface area (Å²) in [4.78, 5) is 20.5. The average Bonchev–Trinajstić information content (AvgIpc) is 2.52. The Labute approximate surface area is 117 Å². The Hall–Kier alpha value is -2.27. The first kappa shape index (κ1) is 14.1. The first-order valence-corrected chi connectivity index (χ1v) is 6.52. The van der Waals surface area contributed by atoms with Crippen LogP contribution >= 0.6 is 0 Å². The lowest BCUT2D eigenvalue weighted by atomic mass is 10.1. The minimum atomic E-state index is -0.114. The van der Waals surface area contributed by atoms with Crippen molar-refractivity contribution in [3.05, 3.63) is 53.6 Å². The van der Waals surface area contributed by atoms with E-state index in [1.165, 1.54) is 6.20 Å². The number of ether oxygens (including phenoxy) is 1. The summed E-state index contributed by atoms with van der Waals surface area (Å²) in [5, 5.41) is 0. The maximum absolute atomic E-state index is 12.4. The van der Waals surface area contributed by atoms with Crippen LogP contribution in [-0.4, -0.2) is 22.4 Å². The van der Waals surface area contributed by atoms with Gasteiger partial charge in [0.2, 0.25) is 0 Å². The molecular formula is C15H17N3O2. The van der Waals surface area contributed by atoms with Gasteiger partial charge in [-0.15, -0.1) is 0 Å². The topological polar surface area (TPSA) is 78.1 Å². The minimum absolute atomic E-state index is 0.114. The third kappa shape index (κ3) is 3.39. The summed E-state index contributed by atoms with van der Waals surface area (Å²) in [5.74, 6) is 0.488. The van der Waals surface area contributed by atoms with Gasteiger partial charge in [-0.2, -0.15) is 0 Å². The van der Waals surface area contributed by atoms with Gasteiger partial charge in [-0.3, -0.25) is 14.8 Å². The predicted octanol–water partition coefficient (Wildman–Crippen LogP) is 1.96. The van der Waals surface area contributed by atoms with E-state index in [2.05, 4.69) is 9.97 Å². The van der Waals surface area contributed by atoms with Gasteiger partial charge >= 0.3 is 0 Å². The molecule has 20 heavy (non-hydrogen) atoms. The molecule has 2 aromatic heterocycles. The van der Waals surface area contributed by atoms with Crippen molar-refractivity contribution >= 4 is 5.78 Å². The summed E-state index contributed by atoms with van der Waals surface area (Å²) in [6, 6.07) is 5.07. The van der Waals surface area contributed by atoms with E-state index in [4.69, 9.17) is 10.5 Å². The lowest BCUT2D eigenvalue weighted by Crippen LogP contribution is -2.06. The molecule has 5 heteroatoms. The molecule has 2 heterocycles. The van der Waals surface area contributed by atoms with Gasteiger partial charge < -0.3 is 10.5 Å². The van der Waals surface area contributed by atoms with E-state index in [0.29, 0.717) is 35.7 Å². The smallest absolute Gasteiger partial charge is 0.194 e. The molecule has 0 aromatic carbocycles. The first-order valence-electron chi connectivity index (χ1n) is 6.52. The second kappa shape index (κ2) is 6.77. The largest absolute Gasteiger partial charge is 0.492 e. The molecule has 0 aliphatic rings. The van der Waals surface area contributed by atoms with Crippen molar-refractivity contribution < 1.29 is 9.53 Å². The van der Waals surface area contributed by atoms with E-state index in [-0.39, 0.29) is 5.78 Å². The number of aromatic nitrogens is 2. The summed E-state index contributed by atoms with van der Waals surface area (Å²) in [5.41, 5.74) is 7.26. The van der Waals surface area contributed by atoms with Crippen molar-refractivity contribution in [1.82, 2.24) is 9.97 Å². The Kier molecular flexibility index (Phi) is 4.79. The molecule has 0 saturated heterocycles. The zero-order chi connectivity index (χ0) is 14.4. The third-order valence-corrected chi connectivity index (χ3v) is 2.74. The highest BCUT2D eigenvalue weighted by atomic mass is 16.5. The molecular weight excluding hydrogens is 254 g/mol. The molecule has 2 rings (SSSR count). The summed E-state index contributed by atoms with van der Waals surface area (Å²) in [6.45, 7) is 2.93. The Morgan fingerprint density at radius 1 is 1.30 bits per heavy atom. The molecule has 0 fully saturated rings. The number of ketones is 1. The van der Waals surface area contributed by atoms with Crippen LogP contribution in [0.15, 0.2) is 36.8 Å². The van der Waals surface area contributed by atoms with E-state index in [9.17, 15) is 4.79 Å². The molecule has 0 amide bonds. The number of nitrogens with zero attached hydrogens (tertiary/aromatic N) is 2. The van der Waals surface area contributed by atoms with Gasteiger partial charge in [0.25, 0.3) is 0 Å². The molecule has 0 aliphatic carbocycles. The number of pyridine rings is 2. The molecule has 2 aromatic rings. The maximum Gasteiger partial charge on any atom is 0.194 e. The fraction of sp³-hybridized carbons (Fsp3) is 0.267. The summed E-state index contributed by atoms with van der Waals surface area (Å²) in [7, 11) is 0. The van der Waals surface area contributed by atoms with Crippen LogP contribution in [0.4, 0.5) is 0 Å². The highest BCUT2D eigenvalue weighted by Crippen LogP contribution is 2.15. The second-order valence-corrected chi connectivity index (χ2v) is 4.33. The predicted molar refractivity (Wildman–Crippen MR) is 75.6 cm³/mol. The van der Waals surface area contributed by atoms with Crippen LogP contribution in [0.2, 0.25) is 0 Å². The van der Waals surface area contributed by atoms with Gasteiger partial charge in [0.1, 0.15) is 5.75 Å². The number of carbonyl (C=O) groups is 1. The number of rotatable bonds is 6. The van der Waals surface area contributed by atoms with Crippen molar-refractivity contribution in [2.24, 2.45) is 5.73 Å². The van der Waals surface area contributed by atoms with Crippen LogP contribution in [-0.2, 0) is 6.54 Å². The fourth-order valence-electron chi connectivity index (χ4n) is 1.74. The Bertz CT molecular complexity index is 599. The van der Waals surface area contributed by atoms with Crippen LogP contribution in [0.25, 0.3) is 0 Å². The van der Waals surface area contributed by atoms with E-state index < -0.39 is 0 Å². The van der Waals surface area contributed by atoms with E-state index in [1.807, 2.05) is 6.92 Å². The van der Waals surface area contributed by atoms with Crippen LogP contribution in [0.1, 0.15) is 35.0 Å². The number of nitrogens with two attached hydrogens (primary N) is 1. The van der Waals surface area contributed by atoms with Crippen LogP contribution in [0.5, 0.6) is 5.75 Å². The number of hydrogen-bond acceptors (Lipinski definition) is 5. The van der Waals surface area contributed by atoms with Crippen molar-refractivity contribution in [1.29, 1.82) is 0 Å². The number of carbonyl (C=O) groups excluding carboxylic acids is 1.